The fraction of sp³-hybridized carbons (Fsp3) is 0.217. The van der Waals surface area contributed by atoms with E-state index in [0.717, 1.165) is 5.01 Å². The minimum absolute atomic E-state index is 0.0580. The predicted molar refractivity (Wildman–Crippen MR) is 129 cm³/mol. The average molecular weight is 493 g/mol. The molecule has 35 heavy (non-hydrogen) atoms. The van der Waals surface area contributed by atoms with Crippen molar-refractivity contribution >= 4 is 40.0 Å². The standard InChI is InChI=1S/C23H20N6O5S/c1-4-32-18-9-14(8-16-21(24)29-19(26-22(16)31)7-12(2)34-29)5-6-17(18)33-11-15-10-20(30)28-23(25-15)35-13(3)27-28/h5-10,24H,4,11H2,1-3H3/b16-8+,24-21?. The summed E-state index contributed by atoms with van der Waals surface area (Å²) in [6.07, 6.45) is 3.15. The van der Waals surface area contributed by atoms with Crippen LogP contribution in [0.3, 0.4) is 0 Å². The van der Waals surface area contributed by atoms with Crippen molar-refractivity contribution < 1.29 is 19.1 Å². The van der Waals surface area contributed by atoms with Crippen LogP contribution < -0.4 is 15.0 Å². The fourth-order valence-electron chi connectivity index (χ4n) is 3.55. The third-order valence-corrected chi connectivity index (χ3v) is 5.86. The number of hydrogen-bond donors (Lipinski definition) is 1. The first-order valence-corrected chi connectivity index (χ1v) is 11.5. The molecular weight excluding hydrogens is 472 g/mol. The molecule has 0 bridgehead atoms. The van der Waals surface area contributed by atoms with E-state index in [1.54, 1.807) is 37.3 Å². The van der Waals surface area contributed by atoms with Crippen LogP contribution in [0.2, 0.25) is 0 Å². The summed E-state index contributed by atoms with van der Waals surface area (Å²) in [4.78, 5) is 39.2. The number of fused-ring (bicyclic) bond motifs is 2. The smallest absolute Gasteiger partial charge is 0.282 e. The number of nitrogens with zero attached hydrogens (tertiary/aromatic N) is 5. The van der Waals surface area contributed by atoms with E-state index < -0.39 is 5.91 Å². The summed E-state index contributed by atoms with van der Waals surface area (Å²) in [6, 6.07) is 6.52. The van der Waals surface area contributed by atoms with Crippen molar-refractivity contribution in [1.29, 1.82) is 5.41 Å². The summed E-state index contributed by atoms with van der Waals surface area (Å²) >= 11 is 1.32. The highest BCUT2D eigenvalue weighted by Crippen LogP contribution is 2.31. The van der Waals surface area contributed by atoms with E-state index in [9.17, 15) is 9.59 Å². The molecule has 0 unspecified atom stereocenters. The Kier molecular flexibility index (Phi) is 5.65. The number of aliphatic imine (C=N–C) groups is 1. The Morgan fingerprint density at radius 2 is 2.00 bits per heavy atom. The number of benzene rings is 1. The van der Waals surface area contributed by atoms with Gasteiger partial charge in [-0.3, -0.25) is 15.0 Å². The van der Waals surface area contributed by atoms with Crippen molar-refractivity contribution in [3.63, 3.8) is 0 Å². The van der Waals surface area contributed by atoms with Gasteiger partial charge in [0.15, 0.2) is 23.2 Å². The normalized spacial score (nSPS) is 16.3. The van der Waals surface area contributed by atoms with Gasteiger partial charge in [-0.25, -0.2) is 4.98 Å². The molecule has 4 heterocycles. The minimum atomic E-state index is -0.528. The molecule has 0 saturated heterocycles. The first-order chi connectivity index (χ1) is 16.8. The van der Waals surface area contributed by atoms with Gasteiger partial charge in [0.05, 0.1) is 17.9 Å². The van der Waals surface area contributed by atoms with E-state index >= 15 is 0 Å². The minimum Gasteiger partial charge on any atom is -0.490 e. The van der Waals surface area contributed by atoms with Crippen LogP contribution in [0.4, 0.5) is 0 Å². The molecule has 1 N–H and O–H groups in total. The molecule has 3 aromatic rings. The number of amidine groups is 2. The third kappa shape index (κ3) is 4.30. The zero-order valence-corrected chi connectivity index (χ0v) is 19.9. The Morgan fingerprint density at radius 3 is 2.80 bits per heavy atom. The lowest BCUT2D eigenvalue weighted by Gasteiger charge is -2.23. The lowest BCUT2D eigenvalue weighted by Crippen LogP contribution is -2.38. The van der Waals surface area contributed by atoms with Crippen molar-refractivity contribution in [3.05, 3.63) is 68.3 Å². The molecule has 0 aliphatic carbocycles. The first kappa shape index (κ1) is 22.5. The maximum absolute atomic E-state index is 12.5. The van der Waals surface area contributed by atoms with Crippen LogP contribution in [0.1, 0.15) is 30.1 Å². The fourth-order valence-corrected chi connectivity index (χ4v) is 4.31. The number of nitrogens with one attached hydrogen (secondary N) is 1. The van der Waals surface area contributed by atoms with Crippen molar-refractivity contribution in [1.82, 2.24) is 19.7 Å². The zero-order valence-electron chi connectivity index (χ0n) is 19.1. The molecule has 2 aliphatic rings. The van der Waals surface area contributed by atoms with E-state index in [1.165, 1.54) is 27.0 Å². The monoisotopic (exact) mass is 492 g/mol. The Morgan fingerprint density at radius 1 is 1.17 bits per heavy atom. The largest absolute Gasteiger partial charge is 0.490 e. The lowest BCUT2D eigenvalue weighted by molar-refractivity contribution is -0.114. The van der Waals surface area contributed by atoms with Crippen LogP contribution in [-0.2, 0) is 16.2 Å². The number of ether oxygens (including phenoxy) is 2. The van der Waals surface area contributed by atoms with Gasteiger partial charge >= 0.3 is 0 Å². The summed E-state index contributed by atoms with van der Waals surface area (Å²) in [5.74, 6) is 1.10. The molecule has 2 aliphatic heterocycles. The second-order valence-corrected chi connectivity index (χ2v) is 8.81. The number of allylic oxidation sites excluding steroid dienone is 1. The van der Waals surface area contributed by atoms with Crippen molar-refractivity contribution in [3.8, 4) is 11.5 Å². The Labute approximate surface area is 203 Å². The van der Waals surface area contributed by atoms with Gasteiger partial charge < -0.3 is 14.3 Å². The van der Waals surface area contributed by atoms with Crippen molar-refractivity contribution in [2.24, 2.45) is 4.99 Å². The van der Waals surface area contributed by atoms with Gasteiger partial charge in [-0.1, -0.05) is 17.4 Å². The van der Waals surface area contributed by atoms with E-state index in [1.807, 2.05) is 13.8 Å². The number of aryl methyl sites for hydroxylation is 1. The average Bonchev–Trinajstić information content (AvgIpc) is 3.38. The van der Waals surface area contributed by atoms with Gasteiger partial charge in [-0.05, 0) is 44.5 Å². The number of rotatable bonds is 6. The molecule has 11 nitrogen and oxygen atoms in total. The van der Waals surface area contributed by atoms with E-state index in [2.05, 4.69) is 15.1 Å². The van der Waals surface area contributed by atoms with Crippen LogP contribution in [0.25, 0.3) is 11.0 Å². The number of amides is 1. The summed E-state index contributed by atoms with van der Waals surface area (Å²) in [5, 5.41) is 14.4. The maximum Gasteiger partial charge on any atom is 0.282 e. The van der Waals surface area contributed by atoms with Crippen molar-refractivity contribution in [2.75, 3.05) is 6.61 Å². The van der Waals surface area contributed by atoms with Gasteiger partial charge in [0.2, 0.25) is 4.96 Å². The molecule has 2 aromatic heterocycles. The molecule has 0 atom stereocenters. The topological polar surface area (TPSA) is 131 Å². The molecule has 178 valence electrons. The van der Waals surface area contributed by atoms with Crippen LogP contribution in [0, 0.1) is 12.3 Å². The Bertz CT molecular complexity index is 1530. The highest BCUT2D eigenvalue weighted by atomic mass is 32.1. The predicted octanol–water partition coefficient (Wildman–Crippen LogP) is 2.89. The number of aromatic nitrogens is 3. The molecule has 0 fully saturated rings. The highest BCUT2D eigenvalue weighted by Gasteiger charge is 2.34. The molecule has 1 aromatic carbocycles. The number of carbonyl (C=O) groups is 1. The van der Waals surface area contributed by atoms with Crippen LogP contribution in [-0.4, -0.2) is 43.8 Å². The van der Waals surface area contributed by atoms with Crippen LogP contribution in [0.5, 0.6) is 11.5 Å². The van der Waals surface area contributed by atoms with E-state index in [4.69, 9.17) is 19.7 Å². The quantitative estimate of drug-likeness (QED) is 0.520. The van der Waals surface area contributed by atoms with Gasteiger partial charge in [0, 0.05) is 12.1 Å². The molecule has 5 rings (SSSR count). The molecule has 0 spiro atoms. The first-order valence-electron chi connectivity index (χ1n) is 10.7. The van der Waals surface area contributed by atoms with Gasteiger partial charge in [0.25, 0.3) is 11.5 Å². The van der Waals surface area contributed by atoms with E-state index in [0.29, 0.717) is 40.1 Å². The summed E-state index contributed by atoms with van der Waals surface area (Å²) < 4.78 is 12.9. The Balaban J connectivity index is 1.39. The second kappa shape index (κ2) is 8.80. The number of hydrogen-bond acceptors (Lipinski definition) is 9. The summed E-state index contributed by atoms with van der Waals surface area (Å²) in [6.45, 7) is 5.81. The van der Waals surface area contributed by atoms with Crippen LogP contribution in [0.15, 0.2) is 51.5 Å². The SMILES string of the molecule is CCOc1cc(/C=C2\C(=N)N3OC(C)=CC3=NC2=O)ccc1OCc1cc(=O)n2nc(C)sc2n1. The zero-order chi connectivity index (χ0) is 24.7. The lowest BCUT2D eigenvalue weighted by atomic mass is 10.1. The van der Waals surface area contributed by atoms with Crippen molar-refractivity contribution in [2.45, 2.75) is 27.4 Å². The van der Waals surface area contributed by atoms with Gasteiger partial charge in [0.1, 0.15) is 17.4 Å². The number of hydroxylamine groups is 2. The molecule has 12 heteroatoms. The molecule has 0 saturated carbocycles. The maximum atomic E-state index is 12.5. The number of carbonyl (C=O) groups excluding carboxylic acids is 1. The van der Waals surface area contributed by atoms with E-state index in [-0.39, 0.29) is 29.4 Å². The molecule has 1 amide bonds. The van der Waals surface area contributed by atoms with Gasteiger partial charge in [-0.2, -0.15) is 14.6 Å². The van der Waals surface area contributed by atoms with Gasteiger partial charge in [-0.15, -0.1) is 5.06 Å². The summed E-state index contributed by atoms with van der Waals surface area (Å²) in [5.41, 5.74) is 0.902. The molecular formula is C23H20N6O5S. The highest BCUT2D eigenvalue weighted by molar-refractivity contribution is 7.16. The second-order valence-electron chi connectivity index (χ2n) is 7.65. The summed E-state index contributed by atoms with van der Waals surface area (Å²) in [7, 11) is 0. The third-order valence-electron chi connectivity index (χ3n) is 5.03. The molecule has 0 radical (unpaired) electrons. The Hall–Kier alpha value is -4.32. The van der Waals surface area contributed by atoms with Crippen LogP contribution >= 0.6 is 11.3 Å².